The second kappa shape index (κ2) is 13.1. The summed E-state index contributed by atoms with van der Waals surface area (Å²) in [5, 5.41) is 7.69. The van der Waals surface area contributed by atoms with Gasteiger partial charge in [-0.15, -0.1) is 22.7 Å². The van der Waals surface area contributed by atoms with Crippen LogP contribution in [0.1, 0.15) is 0 Å². The Labute approximate surface area is 327 Å². The smallest absolute Gasteiger partial charge is 0.0640 e. The number of benzene rings is 9. The van der Waals surface area contributed by atoms with Gasteiger partial charge in [-0.2, -0.15) is 0 Å². The minimum Gasteiger partial charge on any atom is -0.308 e. The molecule has 55 heavy (non-hydrogen) atoms. The molecule has 2 heterocycles. The van der Waals surface area contributed by atoms with Crippen molar-refractivity contribution in [3.63, 3.8) is 0 Å². The lowest BCUT2D eigenvalue weighted by molar-refractivity contribution is 1.30. The zero-order valence-electron chi connectivity index (χ0n) is 29.8. The van der Waals surface area contributed by atoms with Crippen LogP contribution < -0.4 is 4.90 Å². The van der Waals surface area contributed by atoms with Crippen LogP contribution in [0.25, 0.3) is 84.5 Å². The van der Waals surface area contributed by atoms with Gasteiger partial charge < -0.3 is 4.90 Å². The van der Waals surface area contributed by atoms with Crippen molar-refractivity contribution in [1.82, 2.24) is 0 Å². The van der Waals surface area contributed by atoms with Crippen LogP contribution in [0.2, 0.25) is 0 Å². The molecule has 3 heteroatoms. The van der Waals surface area contributed by atoms with E-state index in [2.05, 4.69) is 205 Å². The molecule has 0 saturated heterocycles. The third-order valence-electron chi connectivity index (χ3n) is 10.9. The Hall–Kier alpha value is -6.52. The van der Waals surface area contributed by atoms with Gasteiger partial charge in [0.05, 0.1) is 16.1 Å². The maximum absolute atomic E-state index is 2.51. The molecule has 0 N–H and O–H groups in total. The van der Waals surface area contributed by atoms with Crippen LogP contribution in [0.15, 0.2) is 200 Å². The first kappa shape index (κ1) is 32.0. The summed E-state index contributed by atoms with van der Waals surface area (Å²) in [5.74, 6) is 0. The van der Waals surface area contributed by atoms with Gasteiger partial charge in [0.1, 0.15) is 0 Å². The Kier molecular flexibility index (Phi) is 7.61. The van der Waals surface area contributed by atoms with Gasteiger partial charge in [-0.1, -0.05) is 158 Å². The third kappa shape index (κ3) is 5.27. The van der Waals surface area contributed by atoms with Crippen LogP contribution in [0.5, 0.6) is 0 Å². The van der Waals surface area contributed by atoms with E-state index in [0.717, 1.165) is 11.4 Å². The van der Waals surface area contributed by atoms with Crippen LogP contribution in [0.4, 0.5) is 17.1 Å². The molecule has 9 aromatic carbocycles. The highest BCUT2D eigenvalue weighted by atomic mass is 32.1. The lowest BCUT2D eigenvalue weighted by atomic mass is 9.90. The largest absolute Gasteiger partial charge is 0.308 e. The van der Waals surface area contributed by atoms with Crippen molar-refractivity contribution in [2.45, 2.75) is 0 Å². The molecular weight excluding hydrogens is 703 g/mol. The van der Waals surface area contributed by atoms with Gasteiger partial charge in [-0.3, -0.25) is 0 Å². The molecule has 0 saturated carbocycles. The lowest BCUT2D eigenvalue weighted by Gasteiger charge is -2.29. The van der Waals surface area contributed by atoms with Crippen molar-refractivity contribution in [2.24, 2.45) is 0 Å². The highest BCUT2D eigenvalue weighted by Gasteiger charge is 2.23. The van der Waals surface area contributed by atoms with Crippen LogP contribution in [-0.2, 0) is 0 Å². The molecule has 0 aliphatic carbocycles. The molecule has 0 aliphatic rings. The van der Waals surface area contributed by atoms with E-state index in [9.17, 15) is 0 Å². The number of rotatable bonds is 6. The van der Waals surface area contributed by atoms with E-state index in [4.69, 9.17) is 0 Å². The summed E-state index contributed by atoms with van der Waals surface area (Å²) >= 11 is 3.74. The van der Waals surface area contributed by atoms with Gasteiger partial charge in [-0.25, -0.2) is 0 Å². The third-order valence-corrected chi connectivity index (χ3v) is 13.2. The fourth-order valence-corrected chi connectivity index (χ4v) is 10.8. The Balaban J connectivity index is 1.19. The lowest BCUT2D eigenvalue weighted by Crippen LogP contribution is -2.11. The maximum Gasteiger partial charge on any atom is 0.0640 e. The molecule has 0 spiro atoms. The van der Waals surface area contributed by atoms with E-state index >= 15 is 0 Å². The Morgan fingerprint density at radius 1 is 0.327 bits per heavy atom. The number of hydrogen-bond donors (Lipinski definition) is 0. The molecule has 0 unspecified atom stereocenters. The molecule has 0 fully saturated rings. The van der Waals surface area contributed by atoms with Gasteiger partial charge in [0.15, 0.2) is 0 Å². The highest BCUT2D eigenvalue weighted by molar-refractivity contribution is 7.26. The summed E-state index contributed by atoms with van der Waals surface area (Å²) < 4.78 is 5.20. The van der Waals surface area contributed by atoms with E-state index < -0.39 is 0 Å². The Bertz CT molecular complexity index is 3220. The van der Waals surface area contributed by atoms with E-state index in [1.54, 1.807) is 0 Å². The van der Waals surface area contributed by atoms with Crippen molar-refractivity contribution in [3.05, 3.63) is 200 Å². The van der Waals surface area contributed by atoms with E-state index in [1.807, 2.05) is 22.7 Å². The first-order chi connectivity index (χ1) is 27.3. The quantitative estimate of drug-likeness (QED) is 0.164. The normalized spacial score (nSPS) is 11.6. The zero-order chi connectivity index (χ0) is 36.3. The van der Waals surface area contributed by atoms with E-state index in [1.165, 1.54) is 90.2 Å². The molecule has 0 bridgehead atoms. The van der Waals surface area contributed by atoms with Gasteiger partial charge in [0.2, 0.25) is 0 Å². The zero-order valence-corrected chi connectivity index (χ0v) is 31.4. The predicted octanol–water partition coefficient (Wildman–Crippen LogP) is 16.0. The Morgan fingerprint density at radius 3 is 1.75 bits per heavy atom. The molecule has 0 radical (unpaired) electrons. The summed E-state index contributed by atoms with van der Waals surface area (Å²) in [6, 6.07) is 73.4. The molecule has 0 amide bonds. The molecule has 11 rings (SSSR count). The summed E-state index contributed by atoms with van der Waals surface area (Å²) in [7, 11) is 0. The summed E-state index contributed by atoms with van der Waals surface area (Å²) in [4.78, 5) is 2.51. The monoisotopic (exact) mass is 735 g/mol. The van der Waals surface area contributed by atoms with Gasteiger partial charge >= 0.3 is 0 Å². The summed E-state index contributed by atoms with van der Waals surface area (Å²) in [6.07, 6.45) is 0. The average Bonchev–Trinajstić information content (AvgIpc) is 3.83. The first-order valence-corrected chi connectivity index (χ1v) is 20.3. The predicted molar refractivity (Wildman–Crippen MR) is 241 cm³/mol. The van der Waals surface area contributed by atoms with Crippen LogP contribution in [0.3, 0.4) is 0 Å². The van der Waals surface area contributed by atoms with Crippen molar-refractivity contribution >= 4 is 90.9 Å². The van der Waals surface area contributed by atoms with Crippen LogP contribution in [0, 0.1) is 0 Å². The summed E-state index contributed by atoms with van der Waals surface area (Å²) in [6.45, 7) is 0. The number of thiophene rings is 2. The molecular formula is C52H33NS2. The van der Waals surface area contributed by atoms with Crippen LogP contribution in [-0.4, -0.2) is 0 Å². The number of fused-ring (bicyclic) bond motifs is 7. The van der Waals surface area contributed by atoms with E-state index in [-0.39, 0.29) is 0 Å². The number of anilines is 3. The van der Waals surface area contributed by atoms with Gasteiger partial charge in [-0.05, 0) is 81.1 Å². The molecule has 1 nitrogen and oxygen atoms in total. The van der Waals surface area contributed by atoms with Crippen molar-refractivity contribution in [2.75, 3.05) is 4.90 Å². The van der Waals surface area contributed by atoms with Crippen LogP contribution >= 0.6 is 22.7 Å². The fraction of sp³-hybridized carbons (Fsp3) is 0. The number of para-hydroxylation sites is 1. The summed E-state index contributed by atoms with van der Waals surface area (Å²) in [5.41, 5.74) is 10.7. The highest BCUT2D eigenvalue weighted by Crippen LogP contribution is 2.49. The standard InChI is InChI=1S/C52H33NS2/c1-2-15-34(16-3-1)38-24-11-17-35-18-12-26-42(50(35)38)40-21-4-7-28-45(40)53(46-29-13-27-43-41-22-5-8-30-47(41)55-52(43)46)37-20-10-19-36(33-37)39-25-14-32-49-51(39)44-23-6-9-31-48(44)54-49/h1-33H. The van der Waals surface area contributed by atoms with Crippen molar-refractivity contribution < 1.29 is 0 Å². The number of nitrogens with zero attached hydrogens (tertiary/aromatic N) is 1. The molecule has 0 atom stereocenters. The topological polar surface area (TPSA) is 3.24 Å². The fourth-order valence-electron chi connectivity index (χ4n) is 8.46. The first-order valence-electron chi connectivity index (χ1n) is 18.7. The minimum absolute atomic E-state index is 1.12. The minimum atomic E-state index is 1.12. The second-order valence-corrected chi connectivity index (χ2v) is 16.1. The molecule has 2 aromatic heterocycles. The molecule has 11 aromatic rings. The maximum atomic E-state index is 2.51. The Morgan fingerprint density at radius 2 is 0.891 bits per heavy atom. The molecule has 0 aliphatic heterocycles. The molecule has 258 valence electrons. The number of hydrogen-bond acceptors (Lipinski definition) is 3. The van der Waals surface area contributed by atoms with E-state index in [0.29, 0.717) is 0 Å². The van der Waals surface area contributed by atoms with Gasteiger partial charge in [0, 0.05) is 46.9 Å². The second-order valence-electron chi connectivity index (χ2n) is 14.0. The van der Waals surface area contributed by atoms with Crippen molar-refractivity contribution in [3.8, 4) is 33.4 Å². The SMILES string of the molecule is c1ccc(-c2cccc3cccc(-c4ccccc4N(c4cccc(-c5cccc6sc7ccccc7c56)c4)c4cccc5c4sc4ccccc45)c23)cc1. The average molecular weight is 736 g/mol. The van der Waals surface area contributed by atoms with Gasteiger partial charge in [0.25, 0.3) is 0 Å². The van der Waals surface area contributed by atoms with Crippen molar-refractivity contribution in [1.29, 1.82) is 0 Å².